The first kappa shape index (κ1) is 17.1. The highest BCUT2D eigenvalue weighted by Crippen LogP contribution is 2.30. The fourth-order valence-electron chi connectivity index (χ4n) is 3.56. The van der Waals surface area contributed by atoms with E-state index in [4.69, 9.17) is 5.73 Å². The van der Waals surface area contributed by atoms with Crippen LogP contribution in [0.5, 0.6) is 0 Å². The van der Waals surface area contributed by atoms with Crippen molar-refractivity contribution in [3.63, 3.8) is 0 Å². The summed E-state index contributed by atoms with van der Waals surface area (Å²) in [6.45, 7) is 3.90. The Balaban J connectivity index is 1.91. The standard InChI is InChI=1S/C22H18N6O/c1-13-3-6-16(7-4-13)28-21-17(8-5-14(2)26-21)20(23)19(22(28)29)15-9-10-27-18(11-15)24-12-25-27/h3-12H,23H2,1-2H3. The van der Waals surface area contributed by atoms with Crippen LogP contribution in [-0.2, 0) is 0 Å². The highest BCUT2D eigenvalue weighted by atomic mass is 16.1. The van der Waals surface area contributed by atoms with Crippen molar-refractivity contribution in [2.24, 2.45) is 0 Å². The van der Waals surface area contributed by atoms with E-state index in [-0.39, 0.29) is 5.56 Å². The molecule has 0 amide bonds. The van der Waals surface area contributed by atoms with Crippen LogP contribution in [0.15, 0.2) is 65.8 Å². The van der Waals surface area contributed by atoms with Crippen molar-refractivity contribution in [2.45, 2.75) is 13.8 Å². The molecule has 7 heteroatoms. The van der Waals surface area contributed by atoms with Gasteiger partial charge in [0.15, 0.2) is 5.65 Å². The Morgan fingerprint density at radius 2 is 1.79 bits per heavy atom. The Kier molecular flexibility index (Phi) is 3.70. The maximum absolute atomic E-state index is 13.7. The van der Waals surface area contributed by atoms with E-state index in [0.29, 0.717) is 28.1 Å². The lowest BCUT2D eigenvalue weighted by atomic mass is 10.0. The average Bonchev–Trinajstić information content (AvgIpc) is 3.17. The van der Waals surface area contributed by atoms with E-state index >= 15 is 0 Å². The summed E-state index contributed by atoms with van der Waals surface area (Å²) in [5.41, 5.74) is 11.7. The van der Waals surface area contributed by atoms with Gasteiger partial charge in [0, 0.05) is 17.3 Å². The van der Waals surface area contributed by atoms with Crippen molar-refractivity contribution in [1.29, 1.82) is 0 Å². The third-order valence-electron chi connectivity index (χ3n) is 5.06. The van der Waals surface area contributed by atoms with Gasteiger partial charge in [-0.25, -0.2) is 14.5 Å². The number of nitrogens with zero attached hydrogens (tertiary/aromatic N) is 5. The molecule has 1 aromatic carbocycles. The number of pyridine rings is 3. The van der Waals surface area contributed by atoms with Gasteiger partial charge in [0.1, 0.15) is 12.0 Å². The minimum Gasteiger partial charge on any atom is -0.397 e. The minimum atomic E-state index is -0.221. The van der Waals surface area contributed by atoms with Gasteiger partial charge in [-0.2, -0.15) is 5.10 Å². The fourth-order valence-corrected chi connectivity index (χ4v) is 3.56. The molecule has 0 saturated carbocycles. The van der Waals surface area contributed by atoms with Crippen LogP contribution in [0.4, 0.5) is 5.69 Å². The van der Waals surface area contributed by atoms with Crippen LogP contribution in [0.3, 0.4) is 0 Å². The Hall–Kier alpha value is -4.00. The lowest BCUT2D eigenvalue weighted by Crippen LogP contribution is -2.23. The molecule has 0 aliphatic rings. The second kappa shape index (κ2) is 6.27. The summed E-state index contributed by atoms with van der Waals surface area (Å²) in [7, 11) is 0. The van der Waals surface area contributed by atoms with Crippen LogP contribution in [0, 0.1) is 13.8 Å². The summed E-state index contributed by atoms with van der Waals surface area (Å²) in [5, 5.41) is 4.84. The SMILES string of the molecule is Cc1ccc(-n2c(=O)c(-c3ccn4ncnc4c3)c(N)c3ccc(C)nc32)cc1. The van der Waals surface area contributed by atoms with Crippen LogP contribution in [0.2, 0.25) is 0 Å². The number of hydrogen-bond acceptors (Lipinski definition) is 5. The van der Waals surface area contributed by atoms with Gasteiger partial charge in [-0.15, -0.1) is 0 Å². The normalized spacial score (nSPS) is 11.4. The highest BCUT2D eigenvalue weighted by molar-refractivity contribution is 5.97. The number of aryl methyl sites for hydroxylation is 2. The molecule has 4 aromatic heterocycles. The summed E-state index contributed by atoms with van der Waals surface area (Å²) >= 11 is 0. The molecule has 0 radical (unpaired) electrons. The van der Waals surface area contributed by atoms with E-state index < -0.39 is 0 Å². The van der Waals surface area contributed by atoms with Gasteiger partial charge in [-0.05, 0) is 55.8 Å². The second-order valence-electron chi connectivity index (χ2n) is 7.07. The Bertz CT molecular complexity index is 1450. The molecule has 0 atom stereocenters. The zero-order valence-electron chi connectivity index (χ0n) is 16.0. The van der Waals surface area contributed by atoms with Crippen molar-refractivity contribution >= 4 is 22.4 Å². The third-order valence-corrected chi connectivity index (χ3v) is 5.06. The van der Waals surface area contributed by atoms with Crippen molar-refractivity contribution in [3.05, 3.63) is 82.7 Å². The molecule has 0 spiro atoms. The molecule has 7 nitrogen and oxygen atoms in total. The zero-order valence-corrected chi connectivity index (χ0v) is 16.0. The predicted molar refractivity (Wildman–Crippen MR) is 113 cm³/mol. The summed E-state index contributed by atoms with van der Waals surface area (Å²) in [6.07, 6.45) is 3.24. The molecule has 0 fully saturated rings. The van der Waals surface area contributed by atoms with Gasteiger partial charge in [-0.1, -0.05) is 17.7 Å². The van der Waals surface area contributed by atoms with Gasteiger partial charge in [0.2, 0.25) is 0 Å². The number of anilines is 1. The van der Waals surface area contributed by atoms with Gasteiger partial charge in [-0.3, -0.25) is 9.36 Å². The summed E-state index contributed by atoms with van der Waals surface area (Å²) < 4.78 is 3.27. The molecule has 0 saturated heterocycles. The van der Waals surface area contributed by atoms with E-state index in [1.165, 1.54) is 6.33 Å². The molecular weight excluding hydrogens is 364 g/mol. The quantitative estimate of drug-likeness (QED) is 0.506. The third kappa shape index (κ3) is 2.67. The fraction of sp³-hybridized carbons (Fsp3) is 0.0909. The number of nitrogen functional groups attached to an aromatic ring is 1. The summed E-state index contributed by atoms with van der Waals surface area (Å²) in [6, 6.07) is 15.2. The maximum atomic E-state index is 13.7. The number of fused-ring (bicyclic) bond motifs is 2. The van der Waals surface area contributed by atoms with E-state index in [1.54, 1.807) is 15.3 Å². The molecular formula is C22H18N6O. The van der Waals surface area contributed by atoms with Crippen molar-refractivity contribution in [3.8, 4) is 16.8 Å². The van der Waals surface area contributed by atoms with Gasteiger partial charge in [0.25, 0.3) is 5.56 Å². The van der Waals surface area contributed by atoms with Gasteiger partial charge < -0.3 is 5.73 Å². The molecule has 0 bridgehead atoms. The van der Waals surface area contributed by atoms with E-state index in [2.05, 4.69) is 15.1 Å². The first-order valence-corrected chi connectivity index (χ1v) is 9.21. The molecule has 0 aliphatic carbocycles. The van der Waals surface area contributed by atoms with Crippen LogP contribution >= 0.6 is 0 Å². The van der Waals surface area contributed by atoms with Crippen molar-refractivity contribution < 1.29 is 0 Å². The molecule has 0 unspecified atom stereocenters. The number of aromatic nitrogens is 5. The Morgan fingerprint density at radius 1 is 1.00 bits per heavy atom. The van der Waals surface area contributed by atoms with Crippen LogP contribution in [0.25, 0.3) is 33.5 Å². The monoisotopic (exact) mass is 382 g/mol. The van der Waals surface area contributed by atoms with Crippen molar-refractivity contribution in [1.82, 2.24) is 24.1 Å². The number of benzene rings is 1. The molecule has 142 valence electrons. The molecule has 2 N–H and O–H groups in total. The number of hydrogen-bond donors (Lipinski definition) is 1. The second-order valence-corrected chi connectivity index (χ2v) is 7.07. The molecule has 29 heavy (non-hydrogen) atoms. The zero-order chi connectivity index (χ0) is 20.1. The van der Waals surface area contributed by atoms with Crippen LogP contribution < -0.4 is 11.3 Å². The van der Waals surface area contributed by atoms with E-state index in [9.17, 15) is 4.79 Å². The molecule has 5 aromatic rings. The first-order valence-electron chi connectivity index (χ1n) is 9.21. The van der Waals surface area contributed by atoms with E-state index in [1.807, 2.05) is 62.4 Å². The maximum Gasteiger partial charge on any atom is 0.266 e. The summed E-state index contributed by atoms with van der Waals surface area (Å²) in [4.78, 5) is 22.5. The van der Waals surface area contributed by atoms with Crippen LogP contribution in [0.1, 0.15) is 11.3 Å². The Morgan fingerprint density at radius 3 is 2.59 bits per heavy atom. The smallest absolute Gasteiger partial charge is 0.266 e. The number of rotatable bonds is 2. The molecule has 4 heterocycles. The first-order chi connectivity index (χ1) is 14.0. The van der Waals surface area contributed by atoms with Gasteiger partial charge >= 0.3 is 0 Å². The average molecular weight is 382 g/mol. The van der Waals surface area contributed by atoms with Crippen LogP contribution in [-0.4, -0.2) is 24.1 Å². The highest BCUT2D eigenvalue weighted by Gasteiger charge is 2.19. The summed E-state index contributed by atoms with van der Waals surface area (Å²) in [5.74, 6) is 0. The lowest BCUT2D eigenvalue weighted by Gasteiger charge is -2.16. The minimum absolute atomic E-state index is 0.221. The van der Waals surface area contributed by atoms with E-state index in [0.717, 1.165) is 22.3 Å². The number of nitrogens with two attached hydrogens (primary N) is 1. The predicted octanol–water partition coefficient (Wildman–Crippen LogP) is 3.29. The van der Waals surface area contributed by atoms with Crippen molar-refractivity contribution in [2.75, 3.05) is 5.73 Å². The molecule has 0 aliphatic heterocycles. The van der Waals surface area contributed by atoms with Gasteiger partial charge in [0.05, 0.1) is 16.9 Å². The molecule has 5 rings (SSSR count). The lowest BCUT2D eigenvalue weighted by molar-refractivity contribution is 0.961. The Labute approximate surface area is 166 Å². The topological polar surface area (TPSA) is 91.1 Å². The largest absolute Gasteiger partial charge is 0.397 e.